The molecule has 0 aliphatic carbocycles. The molecule has 1 aromatic heterocycles. The first-order valence-electron chi connectivity index (χ1n) is 6.69. The molecule has 4 nitrogen and oxygen atoms in total. The molecule has 0 bridgehead atoms. The van der Waals surface area contributed by atoms with Gasteiger partial charge in [-0.3, -0.25) is 10.1 Å². The van der Waals surface area contributed by atoms with Crippen LogP contribution in [0.15, 0.2) is 18.2 Å². The van der Waals surface area contributed by atoms with Crippen LogP contribution in [0.1, 0.15) is 41.6 Å². The average molecular weight is 311 g/mol. The Morgan fingerprint density at radius 3 is 2.86 bits per heavy atom. The fourth-order valence-corrected chi connectivity index (χ4v) is 2.54. The number of hydrogen-bond acceptors (Lipinski definition) is 4. The number of aromatic nitrogens is 2. The minimum absolute atomic E-state index is 0.287. The van der Waals surface area contributed by atoms with Crippen molar-refractivity contribution in [2.75, 3.05) is 5.32 Å². The van der Waals surface area contributed by atoms with Crippen molar-refractivity contribution in [3.05, 3.63) is 40.4 Å². The van der Waals surface area contributed by atoms with Crippen LogP contribution in [0.5, 0.6) is 0 Å². The number of rotatable bonds is 6. The van der Waals surface area contributed by atoms with Gasteiger partial charge >= 0.3 is 0 Å². The van der Waals surface area contributed by atoms with E-state index in [9.17, 15) is 13.6 Å². The smallest absolute Gasteiger partial charge is 0.260 e. The van der Waals surface area contributed by atoms with Crippen LogP contribution in [0.25, 0.3) is 0 Å². The van der Waals surface area contributed by atoms with Crippen molar-refractivity contribution in [1.29, 1.82) is 0 Å². The van der Waals surface area contributed by atoms with E-state index in [1.807, 2.05) is 0 Å². The van der Waals surface area contributed by atoms with Gasteiger partial charge in [-0.05, 0) is 24.6 Å². The molecule has 0 unspecified atom stereocenters. The molecule has 7 heteroatoms. The van der Waals surface area contributed by atoms with Gasteiger partial charge in [-0.1, -0.05) is 31.1 Å². The molecule has 0 saturated heterocycles. The number of anilines is 1. The Labute approximate surface area is 125 Å². The van der Waals surface area contributed by atoms with Gasteiger partial charge in [0.15, 0.2) is 0 Å². The van der Waals surface area contributed by atoms with Gasteiger partial charge in [0.1, 0.15) is 16.6 Å². The summed E-state index contributed by atoms with van der Waals surface area (Å²) in [4.78, 5) is 11.9. The quantitative estimate of drug-likeness (QED) is 0.826. The number of nitrogens with one attached hydrogen (secondary N) is 1. The first-order valence-corrected chi connectivity index (χ1v) is 7.50. The molecular weight excluding hydrogens is 296 g/mol. The van der Waals surface area contributed by atoms with E-state index in [1.165, 1.54) is 11.3 Å². The number of aryl methyl sites for hydroxylation is 1. The zero-order chi connectivity index (χ0) is 15.2. The average Bonchev–Trinajstić information content (AvgIpc) is 2.89. The number of carbonyl (C=O) groups is 1. The Morgan fingerprint density at radius 1 is 1.29 bits per heavy atom. The Hall–Kier alpha value is -1.89. The largest absolute Gasteiger partial charge is 0.296 e. The summed E-state index contributed by atoms with van der Waals surface area (Å²) in [5, 5.41) is 11.3. The molecule has 1 heterocycles. The summed E-state index contributed by atoms with van der Waals surface area (Å²) >= 11 is 1.25. The summed E-state index contributed by atoms with van der Waals surface area (Å²) in [5.41, 5.74) is -0.349. The molecular formula is C14H15F2N3OS. The Bertz CT molecular complexity index is 630. The third-order valence-corrected chi connectivity index (χ3v) is 3.75. The van der Waals surface area contributed by atoms with E-state index in [-0.39, 0.29) is 10.7 Å². The fourth-order valence-electron chi connectivity index (χ4n) is 1.77. The van der Waals surface area contributed by atoms with Crippen LogP contribution < -0.4 is 5.32 Å². The van der Waals surface area contributed by atoms with Crippen LogP contribution in [-0.2, 0) is 6.42 Å². The molecule has 21 heavy (non-hydrogen) atoms. The van der Waals surface area contributed by atoms with Crippen LogP contribution >= 0.6 is 11.3 Å². The molecule has 2 rings (SSSR count). The summed E-state index contributed by atoms with van der Waals surface area (Å²) in [6.07, 6.45) is 4.03. The molecule has 0 saturated carbocycles. The van der Waals surface area contributed by atoms with Crippen molar-refractivity contribution in [3.8, 4) is 0 Å². The maximum atomic E-state index is 13.5. The van der Waals surface area contributed by atoms with Crippen molar-refractivity contribution in [3.63, 3.8) is 0 Å². The van der Waals surface area contributed by atoms with E-state index in [0.717, 1.165) is 48.9 Å². The van der Waals surface area contributed by atoms with Crippen molar-refractivity contribution in [2.24, 2.45) is 0 Å². The second kappa shape index (κ2) is 7.21. The van der Waals surface area contributed by atoms with Gasteiger partial charge in [-0.2, -0.15) is 0 Å². The molecule has 1 N–H and O–H groups in total. The standard InChI is InChI=1S/C14H15F2N3OS/c1-2-3-4-5-12-18-19-14(21-12)17-13(20)10-8-9(15)6-7-11(10)16/h6-8H,2-5H2,1H3,(H,17,19,20). The highest BCUT2D eigenvalue weighted by Gasteiger charge is 2.15. The first kappa shape index (κ1) is 15.5. The third-order valence-electron chi connectivity index (χ3n) is 2.85. The molecule has 2 aromatic rings. The van der Waals surface area contributed by atoms with Crippen LogP contribution in [0.3, 0.4) is 0 Å². The molecule has 0 spiro atoms. The van der Waals surface area contributed by atoms with Crippen molar-refractivity contribution in [2.45, 2.75) is 32.6 Å². The Kier molecular flexibility index (Phi) is 5.32. The zero-order valence-corrected chi connectivity index (χ0v) is 12.3. The number of nitrogens with zero attached hydrogens (tertiary/aromatic N) is 2. The third kappa shape index (κ3) is 4.29. The minimum atomic E-state index is -0.776. The SMILES string of the molecule is CCCCCc1nnc(NC(=O)c2cc(F)ccc2F)s1. The summed E-state index contributed by atoms with van der Waals surface area (Å²) in [7, 11) is 0. The van der Waals surface area contributed by atoms with Crippen LogP contribution in [-0.4, -0.2) is 16.1 Å². The van der Waals surface area contributed by atoms with Gasteiger partial charge in [0.25, 0.3) is 5.91 Å². The lowest BCUT2D eigenvalue weighted by Crippen LogP contribution is -2.13. The van der Waals surface area contributed by atoms with Crippen LogP contribution in [0, 0.1) is 11.6 Å². The number of unbranched alkanes of at least 4 members (excludes halogenated alkanes) is 2. The number of amides is 1. The predicted octanol–water partition coefficient (Wildman–Crippen LogP) is 3.80. The van der Waals surface area contributed by atoms with E-state index in [1.54, 1.807) is 0 Å². The molecule has 1 amide bonds. The zero-order valence-electron chi connectivity index (χ0n) is 11.5. The van der Waals surface area contributed by atoms with E-state index in [4.69, 9.17) is 0 Å². The number of carbonyl (C=O) groups excluding carboxylic acids is 1. The van der Waals surface area contributed by atoms with E-state index < -0.39 is 17.5 Å². The van der Waals surface area contributed by atoms with Gasteiger partial charge in [0, 0.05) is 6.42 Å². The first-order chi connectivity index (χ1) is 10.1. The molecule has 112 valence electrons. The Balaban J connectivity index is 2.01. The molecule has 0 aliphatic rings. The van der Waals surface area contributed by atoms with E-state index in [0.29, 0.717) is 0 Å². The highest BCUT2D eigenvalue weighted by Crippen LogP contribution is 2.19. The van der Waals surface area contributed by atoms with Gasteiger partial charge in [0.2, 0.25) is 5.13 Å². The molecule has 0 atom stereocenters. The van der Waals surface area contributed by atoms with Crippen molar-refractivity contribution >= 4 is 22.4 Å². The normalized spacial score (nSPS) is 10.6. The summed E-state index contributed by atoms with van der Waals surface area (Å²) in [6.45, 7) is 2.11. The molecule has 0 fully saturated rings. The van der Waals surface area contributed by atoms with Gasteiger partial charge in [-0.25, -0.2) is 8.78 Å². The predicted molar refractivity (Wildman–Crippen MR) is 77.4 cm³/mol. The van der Waals surface area contributed by atoms with Gasteiger partial charge < -0.3 is 0 Å². The second-order valence-corrected chi connectivity index (χ2v) is 5.60. The number of halogens is 2. The van der Waals surface area contributed by atoms with E-state index >= 15 is 0 Å². The van der Waals surface area contributed by atoms with Gasteiger partial charge in [-0.15, -0.1) is 10.2 Å². The summed E-state index contributed by atoms with van der Waals surface area (Å²) < 4.78 is 26.5. The van der Waals surface area contributed by atoms with E-state index in [2.05, 4.69) is 22.4 Å². The van der Waals surface area contributed by atoms with Crippen molar-refractivity contribution < 1.29 is 13.6 Å². The Morgan fingerprint density at radius 2 is 2.10 bits per heavy atom. The maximum Gasteiger partial charge on any atom is 0.260 e. The topological polar surface area (TPSA) is 54.9 Å². The minimum Gasteiger partial charge on any atom is -0.296 e. The molecule has 0 radical (unpaired) electrons. The lowest BCUT2D eigenvalue weighted by atomic mass is 10.2. The van der Waals surface area contributed by atoms with Crippen molar-refractivity contribution in [1.82, 2.24) is 10.2 Å². The van der Waals surface area contributed by atoms with Crippen LogP contribution in [0.4, 0.5) is 13.9 Å². The number of benzene rings is 1. The monoisotopic (exact) mass is 311 g/mol. The maximum absolute atomic E-state index is 13.5. The lowest BCUT2D eigenvalue weighted by Gasteiger charge is -2.02. The summed E-state index contributed by atoms with van der Waals surface area (Å²) in [6, 6.07) is 2.73. The highest BCUT2D eigenvalue weighted by atomic mass is 32.1. The fraction of sp³-hybridized carbons (Fsp3) is 0.357. The number of hydrogen-bond donors (Lipinski definition) is 1. The molecule has 0 aliphatic heterocycles. The molecule has 1 aromatic carbocycles. The summed E-state index contributed by atoms with van der Waals surface area (Å²) in [5.74, 6) is -2.18. The highest BCUT2D eigenvalue weighted by molar-refractivity contribution is 7.15. The lowest BCUT2D eigenvalue weighted by molar-refractivity contribution is 0.102. The second-order valence-electron chi connectivity index (χ2n) is 4.54. The van der Waals surface area contributed by atoms with Gasteiger partial charge in [0.05, 0.1) is 5.56 Å². The van der Waals surface area contributed by atoms with Crippen LogP contribution in [0.2, 0.25) is 0 Å².